The van der Waals surface area contributed by atoms with E-state index in [0.717, 1.165) is 24.3 Å². The second kappa shape index (κ2) is 5.62. The molecule has 0 aliphatic carbocycles. The quantitative estimate of drug-likeness (QED) is 0.775. The lowest BCUT2D eigenvalue weighted by molar-refractivity contribution is -0.143. The van der Waals surface area contributed by atoms with Gasteiger partial charge < -0.3 is 15.3 Å². The van der Waals surface area contributed by atoms with E-state index in [1.165, 1.54) is 0 Å². The van der Waals surface area contributed by atoms with Gasteiger partial charge in [-0.2, -0.15) is 11.8 Å². The van der Waals surface area contributed by atoms with E-state index in [9.17, 15) is 9.59 Å². The number of piperidine rings is 1. The van der Waals surface area contributed by atoms with Crippen molar-refractivity contribution in [3.8, 4) is 0 Å². The monoisotopic (exact) mass is 258 g/mol. The van der Waals surface area contributed by atoms with E-state index in [1.54, 1.807) is 4.90 Å². The van der Waals surface area contributed by atoms with Gasteiger partial charge in [0.05, 0.1) is 5.92 Å². The normalized spacial score (nSPS) is 29.1. The molecule has 2 amide bonds. The zero-order valence-electron chi connectivity index (χ0n) is 9.72. The maximum Gasteiger partial charge on any atom is 0.317 e. The number of rotatable bonds is 2. The van der Waals surface area contributed by atoms with Crippen LogP contribution in [0.5, 0.6) is 0 Å². The van der Waals surface area contributed by atoms with E-state index >= 15 is 0 Å². The molecule has 1 unspecified atom stereocenters. The van der Waals surface area contributed by atoms with Crippen LogP contribution in [0.15, 0.2) is 0 Å². The van der Waals surface area contributed by atoms with Crippen molar-refractivity contribution in [2.45, 2.75) is 25.3 Å². The highest BCUT2D eigenvalue weighted by atomic mass is 32.2. The molecule has 0 radical (unpaired) electrons. The zero-order valence-corrected chi connectivity index (χ0v) is 10.5. The van der Waals surface area contributed by atoms with Crippen molar-refractivity contribution in [3.63, 3.8) is 0 Å². The van der Waals surface area contributed by atoms with E-state index < -0.39 is 11.9 Å². The first kappa shape index (κ1) is 12.5. The lowest BCUT2D eigenvalue weighted by atomic mass is 9.99. The number of nitrogens with one attached hydrogen (secondary N) is 1. The smallest absolute Gasteiger partial charge is 0.317 e. The summed E-state index contributed by atoms with van der Waals surface area (Å²) in [6.45, 7) is 1.02. The summed E-state index contributed by atoms with van der Waals surface area (Å²) in [6, 6.07) is 0.168. The Kier molecular flexibility index (Phi) is 4.15. The van der Waals surface area contributed by atoms with Crippen LogP contribution < -0.4 is 5.32 Å². The van der Waals surface area contributed by atoms with Gasteiger partial charge in [-0.25, -0.2) is 4.79 Å². The number of carbonyl (C=O) groups is 2. The first-order valence-corrected chi connectivity index (χ1v) is 7.18. The highest BCUT2D eigenvalue weighted by Crippen LogP contribution is 2.19. The molecule has 2 N–H and O–H groups in total. The summed E-state index contributed by atoms with van der Waals surface area (Å²) < 4.78 is 0. The van der Waals surface area contributed by atoms with Crippen LogP contribution >= 0.6 is 11.8 Å². The second-order valence-electron chi connectivity index (χ2n) is 4.63. The Labute approximate surface area is 105 Å². The predicted molar refractivity (Wildman–Crippen MR) is 66.2 cm³/mol. The molecule has 96 valence electrons. The van der Waals surface area contributed by atoms with Gasteiger partial charge in [0.25, 0.3) is 0 Å². The minimum Gasteiger partial charge on any atom is -0.481 e. The van der Waals surface area contributed by atoms with Gasteiger partial charge >= 0.3 is 12.0 Å². The van der Waals surface area contributed by atoms with Crippen molar-refractivity contribution in [2.24, 2.45) is 5.92 Å². The van der Waals surface area contributed by atoms with E-state index in [4.69, 9.17) is 5.11 Å². The van der Waals surface area contributed by atoms with Crippen molar-refractivity contribution in [3.05, 3.63) is 0 Å². The molecular weight excluding hydrogens is 240 g/mol. The molecule has 2 aliphatic rings. The topological polar surface area (TPSA) is 69.6 Å². The number of thioether (sulfide) groups is 1. The number of carboxylic acids is 1. The summed E-state index contributed by atoms with van der Waals surface area (Å²) in [6.07, 6.45) is 2.48. The number of aliphatic carboxylic acids is 1. The van der Waals surface area contributed by atoms with Crippen LogP contribution in [0.4, 0.5) is 4.79 Å². The van der Waals surface area contributed by atoms with E-state index in [1.807, 2.05) is 11.8 Å². The van der Waals surface area contributed by atoms with Crippen molar-refractivity contribution < 1.29 is 14.7 Å². The number of likely N-dealkylation sites (tertiary alicyclic amines) is 1. The van der Waals surface area contributed by atoms with Crippen molar-refractivity contribution >= 4 is 23.8 Å². The molecule has 0 aromatic heterocycles. The molecule has 0 bridgehead atoms. The summed E-state index contributed by atoms with van der Waals surface area (Å²) in [5, 5.41) is 11.9. The number of urea groups is 1. The number of hydrogen-bond donors (Lipinski definition) is 2. The Hall–Kier alpha value is -0.910. The Morgan fingerprint density at radius 3 is 2.82 bits per heavy atom. The van der Waals surface area contributed by atoms with Gasteiger partial charge in [-0.3, -0.25) is 4.79 Å². The Bertz CT molecular complexity index is 305. The van der Waals surface area contributed by atoms with E-state index in [2.05, 4.69) is 5.32 Å². The van der Waals surface area contributed by atoms with Crippen LogP contribution in [0.1, 0.15) is 19.3 Å². The van der Waals surface area contributed by atoms with Gasteiger partial charge in [-0.15, -0.1) is 0 Å². The molecule has 2 fully saturated rings. The van der Waals surface area contributed by atoms with Gasteiger partial charge in [0.2, 0.25) is 0 Å². The van der Waals surface area contributed by atoms with Crippen LogP contribution in [-0.4, -0.2) is 52.6 Å². The molecule has 2 saturated heterocycles. The fourth-order valence-electron chi connectivity index (χ4n) is 2.28. The Morgan fingerprint density at radius 1 is 1.35 bits per heavy atom. The van der Waals surface area contributed by atoms with Gasteiger partial charge in [0.15, 0.2) is 0 Å². The molecular formula is C11H18N2O3S. The van der Waals surface area contributed by atoms with Crippen molar-refractivity contribution in [1.29, 1.82) is 0 Å². The second-order valence-corrected chi connectivity index (χ2v) is 5.78. The first-order valence-electron chi connectivity index (χ1n) is 6.03. The van der Waals surface area contributed by atoms with Gasteiger partial charge in [-0.05, 0) is 25.0 Å². The third kappa shape index (κ3) is 3.28. The largest absolute Gasteiger partial charge is 0.481 e. The summed E-state index contributed by atoms with van der Waals surface area (Å²) in [5.74, 6) is 0.886. The Balaban J connectivity index is 1.83. The highest BCUT2D eigenvalue weighted by molar-refractivity contribution is 7.99. The number of amides is 2. The van der Waals surface area contributed by atoms with Crippen LogP contribution in [0, 0.1) is 5.92 Å². The molecule has 0 spiro atoms. The average Bonchev–Trinajstić information content (AvgIpc) is 2.82. The lowest BCUT2D eigenvalue weighted by Gasteiger charge is -2.31. The average molecular weight is 258 g/mol. The molecule has 5 nitrogen and oxygen atoms in total. The molecule has 17 heavy (non-hydrogen) atoms. The molecule has 6 heteroatoms. The maximum absolute atomic E-state index is 11.9. The Morgan fingerprint density at radius 2 is 2.18 bits per heavy atom. The standard InChI is InChI=1S/C11H18N2O3S/c14-10(15)8-2-1-4-13(6-8)11(16)12-9-3-5-17-7-9/h8-9H,1-7H2,(H,12,16)(H,14,15)/t8-,9?/m0/s1. The molecule has 2 aliphatic heterocycles. The fourth-order valence-corrected chi connectivity index (χ4v) is 3.43. The van der Waals surface area contributed by atoms with Crippen molar-refractivity contribution in [1.82, 2.24) is 10.2 Å². The summed E-state index contributed by atoms with van der Waals surface area (Å²) in [5.41, 5.74) is 0. The number of carboxylic acid groups (broad SMARTS) is 1. The van der Waals surface area contributed by atoms with Crippen LogP contribution in [-0.2, 0) is 4.79 Å². The van der Waals surface area contributed by atoms with E-state index in [-0.39, 0.29) is 12.1 Å². The predicted octanol–water partition coefficient (Wildman–Crippen LogP) is 0.998. The minimum atomic E-state index is -0.793. The van der Waals surface area contributed by atoms with Crippen LogP contribution in [0.25, 0.3) is 0 Å². The summed E-state index contributed by atoms with van der Waals surface area (Å²) >= 11 is 1.85. The zero-order chi connectivity index (χ0) is 12.3. The highest BCUT2D eigenvalue weighted by Gasteiger charge is 2.29. The maximum atomic E-state index is 11.9. The summed E-state index contributed by atoms with van der Waals surface area (Å²) in [4.78, 5) is 24.5. The van der Waals surface area contributed by atoms with Gasteiger partial charge in [0, 0.05) is 24.9 Å². The molecule has 2 heterocycles. The molecule has 0 aromatic carbocycles. The molecule has 0 aromatic rings. The number of hydrogen-bond acceptors (Lipinski definition) is 3. The van der Waals surface area contributed by atoms with E-state index in [0.29, 0.717) is 19.5 Å². The van der Waals surface area contributed by atoms with Crippen LogP contribution in [0.3, 0.4) is 0 Å². The molecule has 0 saturated carbocycles. The van der Waals surface area contributed by atoms with Crippen LogP contribution in [0.2, 0.25) is 0 Å². The third-order valence-electron chi connectivity index (χ3n) is 3.32. The van der Waals surface area contributed by atoms with Gasteiger partial charge in [-0.1, -0.05) is 0 Å². The van der Waals surface area contributed by atoms with Crippen molar-refractivity contribution in [2.75, 3.05) is 24.6 Å². The molecule has 2 atom stereocenters. The summed E-state index contributed by atoms with van der Waals surface area (Å²) in [7, 11) is 0. The third-order valence-corrected chi connectivity index (χ3v) is 4.48. The first-order chi connectivity index (χ1) is 8.16. The minimum absolute atomic E-state index is 0.0940. The fraction of sp³-hybridized carbons (Fsp3) is 0.818. The van der Waals surface area contributed by atoms with Gasteiger partial charge in [0.1, 0.15) is 0 Å². The number of carbonyl (C=O) groups excluding carboxylic acids is 1. The number of nitrogens with zero attached hydrogens (tertiary/aromatic N) is 1. The SMILES string of the molecule is O=C(O)[C@H]1CCCN(C(=O)NC2CCSC2)C1. The molecule has 2 rings (SSSR count). The lowest BCUT2D eigenvalue weighted by Crippen LogP contribution is -2.49.